The summed E-state index contributed by atoms with van der Waals surface area (Å²) in [6, 6.07) is 0. The third kappa shape index (κ3) is 5.55. The highest BCUT2D eigenvalue weighted by molar-refractivity contribution is 7.75. The Labute approximate surface area is 74.4 Å². The first-order valence-corrected chi connectivity index (χ1v) is 5.87. The molecule has 0 radical (unpaired) electrons. The van der Waals surface area contributed by atoms with Gasteiger partial charge in [-0.1, -0.05) is 11.2 Å². The zero-order chi connectivity index (χ0) is 8.15. The van der Waals surface area contributed by atoms with Gasteiger partial charge in [0.2, 0.25) is 5.24 Å². The standard InChI is InChI=1S/C4H6Cl3O2P/c5-3(8)1-2-4(6)10(7)9/h4,10H,1-2H2. The maximum atomic E-state index is 10.4. The molecular weight excluding hydrogens is 217 g/mol. The molecule has 0 spiro atoms. The summed E-state index contributed by atoms with van der Waals surface area (Å²) in [6.45, 7) is 0. The van der Waals surface area contributed by atoms with Gasteiger partial charge >= 0.3 is 0 Å². The van der Waals surface area contributed by atoms with E-state index in [1.54, 1.807) is 0 Å². The van der Waals surface area contributed by atoms with Crippen molar-refractivity contribution in [3.63, 3.8) is 0 Å². The topological polar surface area (TPSA) is 34.1 Å². The van der Waals surface area contributed by atoms with Crippen LogP contribution in [-0.4, -0.2) is 10.4 Å². The third-order valence-electron chi connectivity index (χ3n) is 0.841. The van der Waals surface area contributed by atoms with E-state index in [1.165, 1.54) is 0 Å². The lowest BCUT2D eigenvalue weighted by atomic mass is 10.4. The van der Waals surface area contributed by atoms with Gasteiger partial charge in [-0.05, 0) is 18.0 Å². The van der Waals surface area contributed by atoms with E-state index >= 15 is 0 Å². The molecule has 0 aromatic rings. The van der Waals surface area contributed by atoms with Crippen LogP contribution >= 0.6 is 41.6 Å². The smallest absolute Gasteiger partial charge is 0.221 e. The molecule has 60 valence electrons. The first-order chi connectivity index (χ1) is 4.54. The number of halogens is 3. The lowest BCUT2D eigenvalue weighted by Gasteiger charge is -1.99. The maximum absolute atomic E-state index is 10.4. The summed E-state index contributed by atoms with van der Waals surface area (Å²) < 4.78 is 10.4. The van der Waals surface area contributed by atoms with Crippen molar-refractivity contribution in [2.45, 2.75) is 18.0 Å². The molecule has 6 heteroatoms. The summed E-state index contributed by atoms with van der Waals surface area (Å²) in [5.41, 5.74) is 0. The third-order valence-corrected chi connectivity index (χ3v) is 3.75. The molecule has 0 aliphatic carbocycles. The highest BCUT2D eigenvalue weighted by atomic mass is 35.7. The second-order valence-electron chi connectivity index (χ2n) is 1.67. The monoisotopic (exact) mass is 222 g/mol. The van der Waals surface area contributed by atoms with Crippen molar-refractivity contribution in [2.24, 2.45) is 0 Å². The van der Waals surface area contributed by atoms with Crippen LogP contribution in [0.5, 0.6) is 0 Å². The average Bonchev–Trinajstić information content (AvgIpc) is 1.82. The normalized spacial score (nSPS) is 16.3. The fourth-order valence-corrected chi connectivity index (χ4v) is 1.27. The fourth-order valence-electron chi connectivity index (χ4n) is 0.354. The van der Waals surface area contributed by atoms with Gasteiger partial charge in [0.25, 0.3) is 0 Å². The van der Waals surface area contributed by atoms with Crippen LogP contribution in [0.2, 0.25) is 0 Å². The second kappa shape index (κ2) is 5.42. The molecule has 0 amide bonds. The number of alkyl halides is 1. The van der Waals surface area contributed by atoms with Crippen molar-refractivity contribution in [2.75, 3.05) is 0 Å². The Hall–Kier alpha value is 0.770. The highest BCUT2D eigenvalue weighted by Gasteiger charge is 2.11. The lowest BCUT2D eigenvalue weighted by Crippen LogP contribution is -1.93. The molecule has 0 aliphatic heterocycles. The Morgan fingerprint density at radius 1 is 1.60 bits per heavy atom. The molecule has 0 rings (SSSR count). The van der Waals surface area contributed by atoms with Crippen LogP contribution in [-0.2, 0) is 9.36 Å². The van der Waals surface area contributed by atoms with Crippen molar-refractivity contribution >= 4 is 46.8 Å². The van der Waals surface area contributed by atoms with Gasteiger partial charge in [-0.3, -0.25) is 4.79 Å². The largest absolute Gasteiger partial charge is 0.308 e. The second-order valence-corrected chi connectivity index (χ2v) is 5.40. The molecule has 10 heavy (non-hydrogen) atoms. The molecule has 0 fully saturated rings. The number of hydrogen-bond acceptors (Lipinski definition) is 2. The van der Waals surface area contributed by atoms with E-state index in [0.717, 1.165) is 0 Å². The molecular formula is C4H6Cl3O2P. The first kappa shape index (κ1) is 10.8. The summed E-state index contributed by atoms with van der Waals surface area (Å²) in [5, 5.41) is -1.10. The van der Waals surface area contributed by atoms with Crippen molar-refractivity contribution in [3.05, 3.63) is 0 Å². The molecule has 0 aliphatic rings. The van der Waals surface area contributed by atoms with Gasteiger partial charge in [0.05, 0.1) is 5.12 Å². The van der Waals surface area contributed by atoms with E-state index in [2.05, 4.69) is 0 Å². The van der Waals surface area contributed by atoms with Crippen LogP contribution in [0.1, 0.15) is 12.8 Å². The molecule has 2 unspecified atom stereocenters. The molecule has 0 aromatic heterocycles. The summed E-state index contributed by atoms with van der Waals surface area (Å²) in [7, 11) is -2.23. The molecule has 0 heterocycles. The Morgan fingerprint density at radius 2 is 2.10 bits per heavy atom. The van der Waals surface area contributed by atoms with Gasteiger partial charge in [-0.2, -0.15) is 0 Å². The van der Waals surface area contributed by atoms with Gasteiger partial charge in [0.1, 0.15) is 0 Å². The van der Waals surface area contributed by atoms with E-state index in [0.29, 0.717) is 0 Å². The summed E-state index contributed by atoms with van der Waals surface area (Å²) in [6.07, 6.45) is 0.407. The van der Waals surface area contributed by atoms with Crippen LogP contribution in [0.4, 0.5) is 0 Å². The van der Waals surface area contributed by atoms with E-state index in [-0.39, 0.29) is 12.8 Å². The molecule has 0 aromatic carbocycles. The van der Waals surface area contributed by atoms with E-state index in [4.69, 9.17) is 34.4 Å². The van der Waals surface area contributed by atoms with E-state index in [1.807, 2.05) is 0 Å². The van der Waals surface area contributed by atoms with Crippen LogP contribution < -0.4 is 0 Å². The van der Waals surface area contributed by atoms with Crippen molar-refractivity contribution in [1.29, 1.82) is 0 Å². The Kier molecular flexibility index (Phi) is 5.84. The van der Waals surface area contributed by atoms with E-state index in [9.17, 15) is 9.36 Å². The number of carbonyl (C=O) groups excluding carboxylic acids is 1. The minimum Gasteiger partial charge on any atom is -0.308 e. The van der Waals surface area contributed by atoms with Crippen LogP contribution in [0.25, 0.3) is 0 Å². The van der Waals surface area contributed by atoms with Crippen LogP contribution in [0, 0.1) is 0 Å². The predicted octanol–water partition coefficient (Wildman–Crippen LogP) is 2.81. The predicted molar refractivity (Wildman–Crippen MR) is 44.6 cm³/mol. The van der Waals surface area contributed by atoms with Gasteiger partial charge in [-0.15, -0.1) is 11.6 Å². The first-order valence-electron chi connectivity index (χ1n) is 2.55. The minimum absolute atomic E-state index is 0.124. The zero-order valence-corrected chi connectivity index (χ0v) is 8.21. The minimum atomic E-state index is -2.23. The van der Waals surface area contributed by atoms with Gasteiger partial charge in [0, 0.05) is 6.42 Å². The van der Waals surface area contributed by atoms with Gasteiger partial charge in [0.15, 0.2) is 7.15 Å². The lowest BCUT2D eigenvalue weighted by molar-refractivity contribution is -0.111. The van der Waals surface area contributed by atoms with Gasteiger partial charge < -0.3 is 4.57 Å². The maximum Gasteiger partial charge on any atom is 0.221 e. The average molecular weight is 223 g/mol. The molecule has 0 bridgehead atoms. The Morgan fingerprint density at radius 3 is 2.40 bits per heavy atom. The molecule has 0 saturated carbocycles. The van der Waals surface area contributed by atoms with Crippen molar-refractivity contribution < 1.29 is 9.36 Å². The molecule has 2 nitrogen and oxygen atoms in total. The number of hydrogen-bond donors (Lipinski definition) is 0. The zero-order valence-electron chi connectivity index (χ0n) is 4.94. The van der Waals surface area contributed by atoms with Crippen molar-refractivity contribution in [3.8, 4) is 0 Å². The van der Waals surface area contributed by atoms with Crippen LogP contribution in [0.3, 0.4) is 0 Å². The summed E-state index contributed by atoms with van der Waals surface area (Å²) in [5.74, 6) is 0. The Bertz CT molecular complexity index is 149. The number of carbonyl (C=O) groups is 1. The SMILES string of the molecule is O=C(Cl)CCC(Cl)[PH](=O)Cl. The van der Waals surface area contributed by atoms with Gasteiger partial charge in [-0.25, -0.2) is 0 Å². The Balaban J connectivity index is 3.49. The highest BCUT2D eigenvalue weighted by Crippen LogP contribution is 2.38. The quantitative estimate of drug-likeness (QED) is 0.417. The van der Waals surface area contributed by atoms with Crippen LogP contribution in [0.15, 0.2) is 0 Å². The summed E-state index contributed by atoms with van der Waals surface area (Å²) in [4.78, 5) is 10.1. The van der Waals surface area contributed by atoms with E-state index < -0.39 is 17.5 Å². The fraction of sp³-hybridized carbons (Fsp3) is 0.750. The van der Waals surface area contributed by atoms with Crippen molar-refractivity contribution in [1.82, 2.24) is 0 Å². The molecule has 0 N–H and O–H groups in total. The molecule has 0 saturated heterocycles. The number of rotatable bonds is 4. The molecule has 2 atom stereocenters. The summed E-state index contributed by atoms with van der Waals surface area (Å²) >= 11 is 15.6.